The fourth-order valence-electron chi connectivity index (χ4n) is 2.26. The number of thioether (sulfide) groups is 1. The lowest BCUT2D eigenvalue weighted by atomic mass is 10.2. The molecule has 3 rings (SSSR count). The predicted molar refractivity (Wildman–Crippen MR) is 89.6 cm³/mol. The first-order chi connectivity index (χ1) is 11.5. The molecule has 0 aliphatic rings. The fourth-order valence-corrected chi connectivity index (χ4v) is 3.16. The van der Waals surface area contributed by atoms with Crippen LogP contribution in [0.2, 0.25) is 0 Å². The van der Waals surface area contributed by atoms with Gasteiger partial charge in [0.15, 0.2) is 0 Å². The minimum Gasteiger partial charge on any atom is -0.299 e. The van der Waals surface area contributed by atoms with Crippen molar-refractivity contribution < 1.29 is 9.31 Å². The van der Waals surface area contributed by atoms with E-state index in [0.717, 1.165) is 17.8 Å². The zero-order valence-corrected chi connectivity index (χ0v) is 13.4. The number of hydrogen-bond acceptors (Lipinski definition) is 5. The molecule has 2 aromatic carbocycles. The van der Waals surface area contributed by atoms with Gasteiger partial charge in [0, 0.05) is 18.0 Å². The number of halogens is 1. The van der Waals surface area contributed by atoms with Crippen LogP contribution in [0, 0.1) is 15.9 Å². The van der Waals surface area contributed by atoms with Crippen LogP contribution in [-0.4, -0.2) is 14.5 Å². The van der Waals surface area contributed by atoms with Crippen LogP contribution in [0.3, 0.4) is 0 Å². The molecule has 24 heavy (non-hydrogen) atoms. The Morgan fingerprint density at radius 1 is 1.29 bits per heavy atom. The summed E-state index contributed by atoms with van der Waals surface area (Å²) in [5.74, 6) is 0.104. The van der Waals surface area contributed by atoms with Crippen molar-refractivity contribution in [1.82, 2.24) is 9.55 Å². The van der Waals surface area contributed by atoms with Crippen LogP contribution >= 0.6 is 11.8 Å². The standard InChI is InChI=1S/C16H12FN3O3S/c1-19-15(18-13-5-3-2-4-11(13)16(19)21)9-24-14-7-6-10(20(22)23)8-12(14)17/h2-8H,9H2,1H3. The van der Waals surface area contributed by atoms with E-state index in [1.54, 1.807) is 31.3 Å². The molecule has 0 aliphatic carbocycles. The highest BCUT2D eigenvalue weighted by atomic mass is 32.2. The number of rotatable bonds is 4. The molecule has 0 amide bonds. The third-order valence-electron chi connectivity index (χ3n) is 3.56. The van der Waals surface area contributed by atoms with Gasteiger partial charge in [0.1, 0.15) is 11.6 Å². The van der Waals surface area contributed by atoms with Crippen molar-refractivity contribution in [2.24, 2.45) is 7.05 Å². The first kappa shape index (κ1) is 16.1. The Labute approximate surface area is 140 Å². The van der Waals surface area contributed by atoms with E-state index >= 15 is 0 Å². The third-order valence-corrected chi connectivity index (χ3v) is 4.60. The second kappa shape index (κ2) is 6.40. The summed E-state index contributed by atoms with van der Waals surface area (Å²) in [6.07, 6.45) is 0. The summed E-state index contributed by atoms with van der Waals surface area (Å²) < 4.78 is 15.4. The van der Waals surface area contributed by atoms with E-state index in [2.05, 4.69) is 4.98 Å². The van der Waals surface area contributed by atoms with E-state index in [1.807, 2.05) is 0 Å². The van der Waals surface area contributed by atoms with Gasteiger partial charge < -0.3 is 0 Å². The zero-order chi connectivity index (χ0) is 17.3. The normalized spacial score (nSPS) is 10.9. The molecule has 1 heterocycles. The average molecular weight is 345 g/mol. The molecule has 1 aromatic heterocycles. The van der Waals surface area contributed by atoms with Crippen LogP contribution in [0.5, 0.6) is 0 Å². The van der Waals surface area contributed by atoms with Crippen molar-refractivity contribution in [3.8, 4) is 0 Å². The lowest BCUT2D eigenvalue weighted by molar-refractivity contribution is -0.385. The molecular formula is C16H12FN3O3S. The number of benzene rings is 2. The van der Waals surface area contributed by atoms with Crippen LogP contribution in [-0.2, 0) is 12.8 Å². The summed E-state index contributed by atoms with van der Waals surface area (Å²) in [6, 6.07) is 10.5. The Kier molecular flexibility index (Phi) is 4.30. The maximum Gasteiger partial charge on any atom is 0.272 e. The molecule has 0 saturated heterocycles. The minimum absolute atomic E-state index is 0.166. The van der Waals surface area contributed by atoms with E-state index in [9.17, 15) is 19.3 Å². The lowest BCUT2D eigenvalue weighted by Gasteiger charge is -2.09. The molecule has 6 nitrogen and oxygen atoms in total. The largest absolute Gasteiger partial charge is 0.299 e. The third kappa shape index (κ3) is 3.00. The van der Waals surface area contributed by atoms with Gasteiger partial charge in [-0.1, -0.05) is 12.1 Å². The Bertz CT molecular complexity index is 1000. The van der Waals surface area contributed by atoms with Crippen molar-refractivity contribution in [1.29, 1.82) is 0 Å². The molecule has 0 saturated carbocycles. The number of hydrogen-bond donors (Lipinski definition) is 0. The van der Waals surface area contributed by atoms with Crippen LogP contribution in [0.4, 0.5) is 10.1 Å². The molecule has 8 heteroatoms. The van der Waals surface area contributed by atoms with Crippen molar-refractivity contribution in [3.63, 3.8) is 0 Å². The van der Waals surface area contributed by atoms with Gasteiger partial charge in [0.05, 0.1) is 27.6 Å². The highest BCUT2D eigenvalue weighted by Gasteiger charge is 2.13. The van der Waals surface area contributed by atoms with Gasteiger partial charge in [-0.15, -0.1) is 11.8 Å². The summed E-state index contributed by atoms with van der Waals surface area (Å²) in [6.45, 7) is 0. The predicted octanol–water partition coefficient (Wildman–Crippen LogP) is 3.27. The summed E-state index contributed by atoms with van der Waals surface area (Å²) in [4.78, 5) is 27.0. The highest BCUT2D eigenvalue weighted by molar-refractivity contribution is 7.98. The van der Waals surface area contributed by atoms with Crippen LogP contribution < -0.4 is 5.56 Å². The Balaban J connectivity index is 1.90. The first-order valence-corrected chi connectivity index (χ1v) is 7.97. The topological polar surface area (TPSA) is 78.0 Å². The van der Waals surface area contributed by atoms with Crippen molar-refractivity contribution in [2.45, 2.75) is 10.6 Å². The molecular weight excluding hydrogens is 333 g/mol. The number of nitro benzene ring substituents is 1. The molecule has 0 N–H and O–H groups in total. The van der Waals surface area contributed by atoms with Crippen LogP contribution in [0.15, 0.2) is 52.2 Å². The van der Waals surface area contributed by atoms with Crippen molar-refractivity contribution >= 4 is 28.4 Å². The number of aromatic nitrogens is 2. The van der Waals surface area contributed by atoms with Gasteiger partial charge in [0.2, 0.25) is 0 Å². The monoisotopic (exact) mass is 345 g/mol. The van der Waals surface area contributed by atoms with E-state index in [-0.39, 0.29) is 21.9 Å². The summed E-state index contributed by atoms with van der Waals surface area (Å²) >= 11 is 1.13. The van der Waals surface area contributed by atoms with Gasteiger partial charge >= 0.3 is 0 Å². The highest BCUT2D eigenvalue weighted by Crippen LogP contribution is 2.27. The fraction of sp³-hybridized carbons (Fsp3) is 0.125. The number of nitro groups is 1. The van der Waals surface area contributed by atoms with Gasteiger partial charge in [-0.25, -0.2) is 9.37 Å². The molecule has 0 bridgehead atoms. The maximum atomic E-state index is 13.9. The van der Waals surface area contributed by atoms with Gasteiger partial charge in [-0.3, -0.25) is 19.5 Å². The van der Waals surface area contributed by atoms with Gasteiger partial charge in [-0.05, 0) is 18.2 Å². The Morgan fingerprint density at radius 2 is 2.04 bits per heavy atom. The molecule has 0 spiro atoms. The molecule has 0 radical (unpaired) electrons. The molecule has 0 fully saturated rings. The van der Waals surface area contributed by atoms with Gasteiger partial charge in [0.25, 0.3) is 11.2 Å². The number of nitrogens with zero attached hydrogens (tertiary/aromatic N) is 3. The molecule has 3 aromatic rings. The summed E-state index contributed by atoms with van der Waals surface area (Å²) in [5.41, 5.74) is 0.119. The number of para-hydroxylation sites is 1. The lowest BCUT2D eigenvalue weighted by Crippen LogP contribution is -2.21. The second-order valence-electron chi connectivity index (χ2n) is 5.07. The summed E-state index contributed by atoms with van der Waals surface area (Å²) in [5, 5.41) is 11.2. The van der Waals surface area contributed by atoms with Crippen molar-refractivity contribution in [3.05, 3.63) is 74.6 Å². The van der Waals surface area contributed by atoms with E-state index in [0.29, 0.717) is 16.7 Å². The van der Waals surface area contributed by atoms with Gasteiger partial charge in [-0.2, -0.15) is 0 Å². The zero-order valence-electron chi connectivity index (χ0n) is 12.6. The molecule has 0 atom stereocenters. The SMILES string of the molecule is Cn1c(CSc2ccc([N+](=O)[O-])cc2F)nc2ccccc2c1=O. The first-order valence-electron chi connectivity index (χ1n) is 6.99. The number of non-ortho nitro benzene ring substituents is 1. The molecule has 0 aliphatic heterocycles. The average Bonchev–Trinajstić information content (AvgIpc) is 2.57. The van der Waals surface area contributed by atoms with Crippen molar-refractivity contribution in [2.75, 3.05) is 0 Å². The molecule has 122 valence electrons. The second-order valence-corrected chi connectivity index (χ2v) is 6.09. The van der Waals surface area contributed by atoms with E-state index in [4.69, 9.17) is 0 Å². The maximum absolute atomic E-state index is 13.9. The van der Waals surface area contributed by atoms with Crippen LogP contribution in [0.25, 0.3) is 10.9 Å². The Morgan fingerprint density at radius 3 is 2.75 bits per heavy atom. The van der Waals surface area contributed by atoms with E-state index < -0.39 is 10.7 Å². The number of fused-ring (bicyclic) bond motifs is 1. The molecule has 0 unspecified atom stereocenters. The quantitative estimate of drug-likeness (QED) is 0.412. The van der Waals surface area contributed by atoms with Crippen LogP contribution in [0.1, 0.15) is 5.82 Å². The Hall–Kier alpha value is -2.74. The van der Waals surface area contributed by atoms with E-state index in [1.165, 1.54) is 16.7 Å². The smallest absolute Gasteiger partial charge is 0.272 e. The minimum atomic E-state index is -0.667. The summed E-state index contributed by atoms with van der Waals surface area (Å²) in [7, 11) is 1.61.